The Morgan fingerprint density at radius 2 is 2.05 bits per heavy atom. The van der Waals surface area contributed by atoms with Gasteiger partial charge in [-0.2, -0.15) is 0 Å². The van der Waals surface area contributed by atoms with Gasteiger partial charge in [-0.1, -0.05) is 18.2 Å². The van der Waals surface area contributed by atoms with Gasteiger partial charge in [0.25, 0.3) is 0 Å². The summed E-state index contributed by atoms with van der Waals surface area (Å²) in [6, 6.07) is 8.00. The molecule has 0 amide bonds. The minimum atomic E-state index is -0.292. The van der Waals surface area contributed by atoms with E-state index < -0.39 is 0 Å². The maximum Gasteiger partial charge on any atom is 0.123 e. The Labute approximate surface area is 131 Å². The van der Waals surface area contributed by atoms with Crippen molar-refractivity contribution in [1.29, 1.82) is 0 Å². The Bertz CT molecular complexity index is 485. The second-order valence-corrected chi connectivity index (χ2v) is 6.31. The van der Waals surface area contributed by atoms with Gasteiger partial charge in [-0.05, 0) is 18.9 Å². The summed E-state index contributed by atoms with van der Waals surface area (Å²) in [7, 11) is 0. The van der Waals surface area contributed by atoms with E-state index in [1.165, 1.54) is 0 Å². The molecule has 1 spiro atoms. The van der Waals surface area contributed by atoms with Crippen molar-refractivity contribution in [2.24, 2.45) is 0 Å². The van der Waals surface area contributed by atoms with Crippen LogP contribution in [0.3, 0.4) is 0 Å². The molecule has 1 aromatic rings. The van der Waals surface area contributed by atoms with Crippen LogP contribution in [0, 0.1) is 0 Å². The van der Waals surface area contributed by atoms with E-state index in [0.717, 1.165) is 50.2 Å². The van der Waals surface area contributed by atoms with E-state index in [2.05, 4.69) is 11.0 Å². The molecule has 2 N–H and O–H groups in total. The number of ether oxygens (including phenoxy) is 2. The molecule has 2 aliphatic rings. The molecular weight excluding hydrogens is 282 g/mol. The number of nitrogens with zero attached hydrogens (tertiary/aromatic N) is 1. The lowest BCUT2D eigenvalue weighted by Gasteiger charge is -2.38. The summed E-state index contributed by atoms with van der Waals surface area (Å²) in [5, 5.41) is 18.6. The van der Waals surface area contributed by atoms with E-state index in [0.29, 0.717) is 13.2 Å². The molecule has 1 aromatic carbocycles. The van der Waals surface area contributed by atoms with E-state index in [9.17, 15) is 5.11 Å². The van der Waals surface area contributed by atoms with Crippen molar-refractivity contribution in [3.05, 3.63) is 29.8 Å². The summed E-state index contributed by atoms with van der Waals surface area (Å²) in [5.41, 5.74) is 1.06. The zero-order valence-electron chi connectivity index (χ0n) is 12.9. The molecule has 0 radical (unpaired) electrons. The number of aliphatic hydroxyl groups is 2. The molecule has 5 nitrogen and oxygen atoms in total. The number of benzene rings is 1. The van der Waals surface area contributed by atoms with Gasteiger partial charge in [-0.3, -0.25) is 4.90 Å². The largest absolute Gasteiger partial charge is 0.491 e. The number of hydrogen-bond donors (Lipinski definition) is 2. The number of piperidine rings is 1. The molecule has 1 unspecified atom stereocenters. The summed E-state index contributed by atoms with van der Waals surface area (Å²) in [4.78, 5) is 2.40. The number of para-hydroxylation sites is 1. The quantitative estimate of drug-likeness (QED) is 0.855. The van der Waals surface area contributed by atoms with Gasteiger partial charge in [0.2, 0.25) is 0 Å². The minimum Gasteiger partial charge on any atom is -0.491 e. The molecule has 22 heavy (non-hydrogen) atoms. The zero-order chi connectivity index (χ0) is 15.4. The third-order valence-corrected chi connectivity index (χ3v) is 4.67. The normalized spacial score (nSPS) is 24.7. The van der Waals surface area contributed by atoms with Crippen LogP contribution < -0.4 is 4.74 Å². The van der Waals surface area contributed by atoms with Crippen molar-refractivity contribution in [2.45, 2.75) is 37.5 Å². The fourth-order valence-corrected chi connectivity index (χ4v) is 3.46. The maximum absolute atomic E-state index is 9.69. The number of rotatable bonds is 5. The highest BCUT2D eigenvalue weighted by Crippen LogP contribution is 2.36. The molecule has 0 bridgehead atoms. The topological polar surface area (TPSA) is 62.2 Å². The molecule has 2 heterocycles. The van der Waals surface area contributed by atoms with Crippen LogP contribution in [0.4, 0.5) is 0 Å². The summed E-state index contributed by atoms with van der Waals surface area (Å²) in [6.07, 6.45) is 2.43. The molecule has 3 rings (SSSR count). The summed E-state index contributed by atoms with van der Waals surface area (Å²) in [6.45, 7) is 3.63. The highest BCUT2D eigenvalue weighted by molar-refractivity contribution is 5.33. The van der Waals surface area contributed by atoms with Crippen LogP contribution in [0.1, 0.15) is 24.8 Å². The van der Waals surface area contributed by atoms with Crippen LogP contribution in [0.5, 0.6) is 5.75 Å². The fraction of sp³-hybridized carbons (Fsp3) is 0.647. The van der Waals surface area contributed by atoms with Gasteiger partial charge >= 0.3 is 0 Å². The van der Waals surface area contributed by atoms with Crippen molar-refractivity contribution in [3.63, 3.8) is 0 Å². The van der Waals surface area contributed by atoms with Gasteiger partial charge in [0.05, 0.1) is 24.9 Å². The van der Waals surface area contributed by atoms with E-state index in [4.69, 9.17) is 14.6 Å². The van der Waals surface area contributed by atoms with Crippen LogP contribution in [0.25, 0.3) is 0 Å². The lowest BCUT2D eigenvalue weighted by molar-refractivity contribution is -0.0457. The lowest BCUT2D eigenvalue weighted by atomic mass is 9.88. The summed E-state index contributed by atoms with van der Waals surface area (Å²) >= 11 is 0. The van der Waals surface area contributed by atoms with Crippen molar-refractivity contribution in [2.75, 3.05) is 32.9 Å². The third kappa shape index (κ3) is 3.60. The van der Waals surface area contributed by atoms with Gasteiger partial charge < -0.3 is 19.7 Å². The summed E-state index contributed by atoms with van der Waals surface area (Å²) < 4.78 is 11.4. The molecule has 122 valence electrons. The highest BCUT2D eigenvalue weighted by atomic mass is 16.5. The molecule has 0 aromatic heterocycles. The first kappa shape index (κ1) is 15.7. The smallest absolute Gasteiger partial charge is 0.123 e. The molecule has 5 heteroatoms. The number of likely N-dealkylation sites (tertiary alicyclic amines) is 1. The number of hydrogen-bond acceptors (Lipinski definition) is 5. The lowest BCUT2D eigenvalue weighted by Crippen LogP contribution is -2.43. The van der Waals surface area contributed by atoms with Crippen molar-refractivity contribution in [3.8, 4) is 5.75 Å². The standard InChI is InChI=1S/C17H25NO4/c19-9-10-21-16-4-2-1-3-14(16)12-18-7-5-17(6-8-18)11-15(20)13-22-17/h1-4,15,19-20H,5-13H2. The van der Waals surface area contributed by atoms with Crippen LogP contribution in [0.15, 0.2) is 24.3 Å². The predicted molar refractivity (Wildman–Crippen MR) is 82.8 cm³/mol. The van der Waals surface area contributed by atoms with E-state index in [1.54, 1.807) is 0 Å². The molecular formula is C17H25NO4. The van der Waals surface area contributed by atoms with Gasteiger partial charge in [0.1, 0.15) is 12.4 Å². The Hall–Kier alpha value is -1.14. The fourth-order valence-electron chi connectivity index (χ4n) is 3.46. The molecule has 2 fully saturated rings. The Morgan fingerprint density at radius 1 is 1.27 bits per heavy atom. The van der Waals surface area contributed by atoms with Crippen molar-refractivity contribution < 1.29 is 19.7 Å². The van der Waals surface area contributed by atoms with Crippen LogP contribution in [-0.2, 0) is 11.3 Å². The first-order valence-corrected chi connectivity index (χ1v) is 8.07. The molecule has 1 atom stereocenters. The van der Waals surface area contributed by atoms with Gasteiger partial charge in [0, 0.05) is 31.6 Å². The number of aliphatic hydroxyl groups excluding tert-OH is 2. The van der Waals surface area contributed by atoms with Gasteiger partial charge in [0.15, 0.2) is 0 Å². The van der Waals surface area contributed by atoms with Crippen LogP contribution in [-0.4, -0.2) is 59.7 Å². The molecule has 0 aliphatic carbocycles. The minimum absolute atomic E-state index is 0.0280. The van der Waals surface area contributed by atoms with Gasteiger partial charge in [-0.15, -0.1) is 0 Å². The summed E-state index contributed by atoms with van der Waals surface area (Å²) in [5.74, 6) is 0.851. The predicted octanol–water partition coefficient (Wildman–Crippen LogP) is 1.17. The average Bonchev–Trinajstić information content (AvgIpc) is 2.90. The molecule has 0 saturated carbocycles. The maximum atomic E-state index is 9.69. The second-order valence-electron chi connectivity index (χ2n) is 6.31. The van der Waals surface area contributed by atoms with Crippen LogP contribution in [0.2, 0.25) is 0 Å². The zero-order valence-corrected chi connectivity index (χ0v) is 12.9. The Kier molecular flexibility index (Phi) is 4.98. The van der Waals surface area contributed by atoms with E-state index >= 15 is 0 Å². The van der Waals surface area contributed by atoms with Crippen molar-refractivity contribution in [1.82, 2.24) is 4.90 Å². The highest BCUT2D eigenvalue weighted by Gasteiger charge is 2.42. The SMILES string of the molecule is OCCOc1ccccc1CN1CCC2(CC1)CC(O)CO2. The van der Waals surface area contributed by atoms with Crippen LogP contribution >= 0.6 is 0 Å². The molecule has 2 saturated heterocycles. The third-order valence-electron chi connectivity index (χ3n) is 4.67. The average molecular weight is 307 g/mol. The molecule has 2 aliphatic heterocycles. The monoisotopic (exact) mass is 307 g/mol. The Morgan fingerprint density at radius 3 is 2.73 bits per heavy atom. The van der Waals surface area contributed by atoms with E-state index in [1.807, 2.05) is 18.2 Å². The van der Waals surface area contributed by atoms with Crippen molar-refractivity contribution >= 4 is 0 Å². The first-order chi connectivity index (χ1) is 10.7. The van der Waals surface area contributed by atoms with E-state index in [-0.39, 0.29) is 18.3 Å². The first-order valence-electron chi connectivity index (χ1n) is 8.07. The van der Waals surface area contributed by atoms with Gasteiger partial charge in [-0.25, -0.2) is 0 Å². The Balaban J connectivity index is 1.57. The second kappa shape index (κ2) is 6.96.